The molecule has 0 N–H and O–H groups in total. The van der Waals surface area contributed by atoms with Gasteiger partial charge in [0, 0.05) is 32.1 Å². The standard InChI is InChI=1S/C12H19N3O3S2/c1-10-11(9-14(2)13-10)20(16,17)15-5-3-12(4-6-15)18-7-8-19-12/h9H,3-8H2,1-2H3. The van der Waals surface area contributed by atoms with Gasteiger partial charge < -0.3 is 4.74 Å². The molecule has 2 fully saturated rings. The fourth-order valence-corrected chi connectivity index (χ4v) is 5.64. The van der Waals surface area contributed by atoms with Crippen LogP contribution in [0.25, 0.3) is 0 Å². The molecule has 2 aliphatic heterocycles. The van der Waals surface area contributed by atoms with E-state index in [9.17, 15) is 8.42 Å². The lowest BCUT2D eigenvalue weighted by molar-refractivity contribution is 0.0162. The minimum absolute atomic E-state index is 0.143. The van der Waals surface area contributed by atoms with E-state index in [1.165, 1.54) is 0 Å². The molecule has 0 saturated carbocycles. The number of aryl methyl sites for hydroxylation is 2. The predicted octanol–water partition coefficient (Wildman–Crippen LogP) is 0.973. The molecule has 0 aromatic carbocycles. The summed E-state index contributed by atoms with van der Waals surface area (Å²) in [6, 6.07) is 0. The van der Waals surface area contributed by atoms with Gasteiger partial charge in [-0.25, -0.2) is 8.42 Å². The van der Waals surface area contributed by atoms with Gasteiger partial charge in [-0.2, -0.15) is 9.40 Å². The van der Waals surface area contributed by atoms with Crippen LogP contribution in [0.4, 0.5) is 0 Å². The van der Waals surface area contributed by atoms with Crippen molar-refractivity contribution in [2.75, 3.05) is 25.4 Å². The molecule has 8 heteroatoms. The summed E-state index contributed by atoms with van der Waals surface area (Å²) in [4.78, 5) is 0.173. The summed E-state index contributed by atoms with van der Waals surface area (Å²) in [6.07, 6.45) is 3.10. The third kappa shape index (κ3) is 2.38. The lowest BCUT2D eigenvalue weighted by Gasteiger charge is -2.36. The van der Waals surface area contributed by atoms with Gasteiger partial charge in [-0.3, -0.25) is 4.68 Å². The molecule has 2 aliphatic rings. The minimum atomic E-state index is -3.43. The van der Waals surface area contributed by atoms with Crippen molar-refractivity contribution in [3.05, 3.63) is 11.9 Å². The van der Waals surface area contributed by atoms with Crippen LogP contribution in [-0.2, 0) is 21.8 Å². The fourth-order valence-electron chi connectivity index (χ4n) is 2.82. The van der Waals surface area contributed by atoms with Gasteiger partial charge in [0.15, 0.2) is 0 Å². The highest BCUT2D eigenvalue weighted by Crippen LogP contribution is 2.42. The molecule has 20 heavy (non-hydrogen) atoms. The van der Waals surface area contributed by atoms with Gasteiger partial charge in [-0.1, -0.05) is 0 Å². The zero-order valence-electron chi connectivity index (χ0n) is 11.7. The molecular weight excluding hydrogens is 298 g/mol. The van der Waals surface area contributed by atoms with E-state index in [2.05, 4.69) is 5.10 Å². The number of sulfonamides is 1. The van der Waals surface area contributed by atoms with Gasteiger partial charge in [0.25, 0.3) is 0 Å². The van der Waals surface area contributed by atoms with Crippen molar-refractivity contribution in [3.63, 3.8) is 0 Å². The third-order valence-corrected chi connectivity index (χ3v) is 7.31. The maximum atomic E-state index is 12.6. The molecule has 0 unspecified atom stereocenters. The van der Waals surface area contributed by atoms with Crippen LogP contribution in [0, 0.1) is 6.92 Å². The SMILES string of the molecule is Cc1nn(C)cc1S(=O)(=O)N1CCC2(CC1)OCCS2. The summed E-state index contributed by atoms with van der Waals surface area (Å²) >= 11 is 1.82. The average Bonchev–Trinajstić information content (AvgIpc) is 2.97. The van der Waals surface area contributed by atoms with Crippen molar-refractivity contribution in [1.29, 1.82) is 0 Å². The number of ether oxygens (including phenoxy) is 1. The van der Waals surface area contributed by atoms with E-state index in [-0.39, 0.29) is 4.93 Å². The summed E-state index contributed by atoms with van der Waals surface area (Å²) in [5.74, 6) is 1.01. The summed E-state index contributed by atoms with van der Waals surface area (Å²) in [7, 11) is -1.70. The van der Waals surface area contributed by atoms with Crippen LogP contribution < -0.4 is 0 Å². The normalized spacial score (nSPS) is 23.5. The van der Waals surface area contributed by atoms with Crippen LogP contribution in [0.15, 0.2) is 11.1 Å². The van der Waals surface area contributed by atoms with E-state index in [0.717, 1.165) is 25.2 Å². The summed E-state index contributed by atoms with van der Waals surface area (Å²) in [6.45, 7) is 3.54. The topological polar surface area (TPSA) is 64.4 Å². The highest BCUT2D eigenvalue weighted by atomic mass is 32.2. The Morgan fingerprint density at radius 2 is 2.10 bits per heavy atom. The molecule has 0 radical (unpaired) electrons. The first-order valence-electron chi connectivity index (χ1n) is 6.71. The second-order valence-electron chi connectivity index (χ2n) is 5.26. The Balaban J connectivity index is 1.78. The summed E-state index contributed by atoms with van der Waals surface area (Å²) < 4.78 is 34.2. The van der Waals surface area contributed by atoms with Crippen molar-refractivity contribution >= 4 is 21.8 Å². The quantitative estimate of drug-likeness (QED) is 0.813. The van der Waals surface area contributed by atoms with Crippen LogP contribution in [0.3, 0.4) is 0 Å². The third-order valence-electron chi connectivity index (χ3n) is 3.88. The zero-order chi connectivity index (χ0) is 14.4. The van der Waals surface area contributed by atoms with Crippen molar-refractivity contribution in [2.45, 2.75) is 29.6 Å². The van der Waals surface area contributed by atoms with Crippen LogP contribution in [0.1, 0.15) is 18.5 Å². The number of rotatable bonds is 2. The average molecular weight is 317 g/mol. The second-order valence-corrected chi connectivity index (χ2v) is 8.61. The maximum Gasteiger partial charge on any atom is 0.246 e. The molecule has 3 rings (SSSR count). The molecule has 0 bridgehead atoms. The highest BCUT2D eigenvalue weighted by molar-refractivity contribution is 8.00. The van der Waals surface area contributed by atoms with Crippen molar-refractivity contribution < 1.29 is 13.2 Å². The van der Waals surface area contributed by atoms with Gasteiger partial charge in [-0.15, -0.1) is 11.8 Å². The molecule has 6 nitrogen and oxygen atoms in total. The van der Waals surface area contributed by atoms with E-state index >= 15 is 0 Å². The van der Waals surface area contributed by atoms with E-state index in [1.807, 2.05) is 11.8 Å². The smallest absolute Gasteiger partial charge is 0.246 e. The van der Waals surface area contributed by atoms with Gasteiger partial charge in [-0.05, 0) is 19.8 Å². The number of hydrogen-bond donors (Lipinski definition) is 0. The molecule has 3 heterocycles. The minimum Gasteiger partial charge on any atom is -0.363 e. The van der Waals surface area contributed by atoms with E-state index < -0.39 is 10.0 Å². The Kier molecular flexibility index (Phi) is 3.60. The fraction of sp³-hybridized carbons (Fsp3) is 0.750. The van der Waals surface area contributed by atoms with Gasteiger partial charge >= 0.3 is 0 Å². The van der Waals surface area contributed by atoms with Crippen LogP contribution in [0.2, 0.25) is 0 Å². The number of hydrogen-bond acceptors (Lipinski definition) is 5. The van der Waals surface area contributed by atoms with Crippen molar-refractivity contribution in [3.8, 4) is 0 Å². The lowest BCUT2D eigenvalue weighted by atomic mass is 10.1. The monoisotopic (exact) mass is 317 g/mol. The lowest BCUT2D eigenvalue weighted by Crippen LogP contribution is -2.45. The molecule has 0 atom stereocenters. The largest absolute Gasteiger partial charge is 0.363 e. The van der Waals surface area contributed by atoms with Gasteiger partial charge in [0.05, 0.1) is 12.3 Å². The highest BCUT2D eigenvalue weighted by Gasteiger charge is 2.42. The Labute approximate surface area is 123 Å². The summed E-state index contributed by atoms with van der Waals surface area (Å²) in [5.41, 5.74) is 0.555. The van der Waals surface area contributed by atoms with Crippen molar-refractivity contribution in [1.82, 2.24) is 14.1 Å². The van der Waals surface area contributed by atoms with Crippen LogP contribution in [0.5, 0.6) is 0 Å². The molecular formula is C12H19N3O3S2. The molecule has 1 spiro atoms. The van der Waals surface area contributed by atoms with Gasteiger partial charge in [0.2, 0.25) is 10.0 Å². The predicted molar refractivity (Wildman–Crippen MR) is 77.1 cm³/mol. The molecule has 0 amide bonds. The Morgan fingerprint density at radius 3 is 2.60 bits per heavy atom. The number of piperidine rings is 1. The Morgan fingerprint density at radius 1 is 1.40 bits per heavy atom. The van der Waals surface area contributed by atoms with Crippen molar-refractivity contribution in [2.24, 2.45) is 7.05 Å². The Hall–Kier alpha value is -0.570. The van der Waals surface area contributed by atoms with E-state index in [1.54, 1.807) is 29.2 Å². The molecule has 2 saturated heterocycles. The van der Waals surface area contributed by atoms with E-state index in [4.69, 9.17) is 4.74 Å². The molecule has 1 aromatic heterocycles. The van der Waals surface area contributed by atoms with Crippen LogP contribution >= 0.6 is 11.8 Å². The number of thioether (sulfide) groups is 1. The number of aromatic nitrogens is 2. The zero-order valence-corrected chi connectivity index (χ0v) is 13.3. The molecule has 0 aliphatic carbocycles. The van der Waals surface area contributed by atoms with Gasteiger partial charge in [0.1, 0.15) is 9.83 Å². The number of nitrogens with zero attached hydrogens (tertiary/aromatic N) is 3. The maximum absolute atomic E-state index is 12.6. The van der Waals surface area contributed by atoms with Crippen LogP contribution in [-0.4, -0.2) is 52.9 Å². The first-order valence-corrected chi connectivity index (χ1v) is 9.14. The second kappa shape index (κ2) is 5.01. The first kappa shape index (κ1) is 14.4. The first-order chi connectivity index (χ1) is 9.43. The molecule has 1 aromatic rings. The summed E-state index contributed by atoms with van der Waals surface area (Å²) in [5, 5.41) is 4.13. The van der Waals surface area contributed by atoms with E-state index in [0.29, 0.717) is 23.7 Å². The molecule has 112 valence electrons. The Bertz CT molecular complexity index is 595.